The third-order valence-electron chi connectivity index (χ3n) is 4.06. The number of likely N-dealkylation sites (tertiary alicyclic amines) is 1. The Morgan fingerprint density at radius 2 is 2.16 bits per heavy atom. The van der Waals surface area contributed by atoms with Crippen LogP contribution in [0.5, 0.6) is 0 Å². The van der Waals surface area contributed by atoms with Crippen molar-refractivity contribution in [2.45, 2.75) is 43.8 Å². The van der Waals surface area contributed by atoms with Crippen LogP contribution in [0.2, 0.25) is 0 Å². The number of hydrogen-bond donors (Lipinski definition) is 1. The van der Waals surface area contributed by atoms with Crippen LogP contribution in [0.1, 0.15) is 23.9 Å². The Hall–Kier alpha value is -0.840. The van der Waals surface area contributed by atoms with E-state index in [4.69, 9.17) is 14.6 Å². The highest BCUT2D eigenvalue weighted by molar-refractivity contribution is 8.01. The van der Waals surface area contributed by atoms with Crippen molar-refractivity contribution in [3.8, 4) is 0 Å². The Kier molecular flexibility index (Phi) is 6.74. The molecule has 142 valence electrons. The SMILES string of the molecule is CCOC1CSC2(C1)CN(Cc1scnc1C)C2.O=C(O)C(F)(F)F. The largest absolute Gasteiger partial charge is 0.490 e. The predicted molar refractivity (Wildman–Crippen MR) is 91.0 cm³/mol. The van der Waals surface area contributed by atoms with Crippen molar-refractivity contribution in [1.29, 1.82) is 0 Å². The van der Waals surface area contributed by atoms with Gasteiger partial charge in [0.2, 0.25) is 0 Å². The van der Waals surface area contributed by atoms with Gasteiger partial charge in [0, 0.05) is 41.6 Å². The van der Waals surface area contributed by atoms with Crippen molar-refractivity contribution in [1.82, 2.24) is 9.88 Å². The monoisotopic (exact) mass is 398 g/mol. The first-order valence-corrected chi connectivity index (χ1v) is 9.69. The van der Waals surface area contributed by atoms with Gasteiger partial charge in [0.05, 0.1) is 17.3 Å². The van der Waals surface area contributed by atoms with E-state index in [0.29, 0.717) is 10.9 Å². The Morgan fingerprint density at radius 3 is 2.64 bits per heavy atom. The maximum absolute atomic E-state index is 10.6. The van der Waals surface area contributed by atoms with Crippen LogP contribution in [0.4, 0.5) is 13.2 Å². The number of aliphatic carboxylic acids is 1. The van der Waals surface area contributed by atoms with Gasteiger partial charge in [0.1, 0.15) is 0 Å². The molecule has 3 rings (SSSR count). The Balaban J connectivity index is 0.000000277. The summed E-state index contributed by atoms with van der Waals surface area (Å²) < 4.78 is 38.0. The average Bonchev–Trinajstić information content (AvgIpc) is 3.06. The molecule has 3 heterocycles. The van der Waals surface area contributed by atoms with E-state index >= 15 is 0 Å². The van der Waals surface area contributed by atoms with Crippen molar-refractivity contribution in [3.63, 3.8) is 0 Å². The first kappa shape index (κ1) is 20.5. The molecule has 5 nitrogen and oxygen atoms in total. The lowest BCUT2D eigenvalue weighted by Gasteiger charge is -2.47. The lowest BCUT2D eigenvalue weighted by atomic mass is 9.93. The number of rotatable bonds is 4. The summed E-state index contributed by atoms with van der Waals surface area (Å²) in [6.45, 7) is 8.58. The molecule has 2 aliphatic heterocycles. The lowest BCUT2D eigenvalue weighted by molar-refractivity contribution is -0.192. The number of carboxylic acid groups (broad SMARTS) is 1. The first-order chi connectivity index (χ1) is 11.6. The number of halogens is 3. The van der Waals surface area contributed by atoms with Crippen LogP contribution in [0.15, 0.2) is 5.51 Å². The smallest absolute Gasteiger partial charge is 0.475 e. The first-order valence-electron chi connectivity index (χ1n) is 7.82. The quantitative estimate of drug-likeness (QED) is 0.841. The molecular weight excluding hydrogens is 377 g/mol. The van der Waals surface area contributed by atoms with E-state index in [2.05, 4.69) is 35.5 Å². The zero-order valence-corrected chi connectivity index (χ0v) is 15.6. The molecule has 1 unspecified atom stereocenters. The van der Waals surface area contributed by atoms with Crippen molar-refractivity contribution in [2.24, 2.45) is 0 Å². The van der Waals surface area contributed by atoms with Crippen molar-refractivity contribution in [3.05, 3.63) is 16.1 Å². The molecule has 2 saturated heterocycles. The van der Waals surface area contributed by atoms with Gasteiger partial charge in [-0.1, -0.05) is 0 Å². The van der Waals surface area contributed by atoms with Crippen LogP contribution in [0.3, 0.4) is 0 Å². The normalized spacial score (nSPS) is 22.4. The van der Waals surface area contributed by atoms with E-state index in [1.54, 1.807) is 11.3 Å². The van der Waals surface area contributed by atoms with Crippen LogP contribution < -0.4 is 0 Å². The molecule has 1 aromatic heterocycles. The van der Waals surface area contributed by atoms with Gasteiger partial charge in [-0.15, -0.1) is 23.1 Å². The Bertz CT molecular complexity index is 589. The second kappa shape index (κ2) is 8.24. The maximum Gasteiger partial charge on any atom is 0.490 e. The summed E-state index contributed by atoms with van der Waals surface area (Å²) in [6.07, 6.45) is -3.35. The van der Waals surface area contributed by atoms with E-state index in [1.165, 1.54) is 35.8 Å². The van der Waals surface area contributed by atoms with Crippen LogP contribution in [-0.4, -0.2) is 63.4 Å². The fourth-order valence-corrected chi connectivity index (χ4v) is 5.35. The zero-order chi connectivity index (χ0) is 18.7. The lowest BCUT2D eigenvalue weighted by Crippen LogP contribution is -2.58. The molecule has 25 heavy (non-hydrogen) atoms. The number of thiazole rings is 1. The molecule has 0 radical (unpaired) electrons. The number of nitrogens with zero attached hydrogens (tertiary/aromatic N) is 2. The zero-order valence-electron chi connectivity index (χ0n) is 14.0. The minimum absolute atomic E-state index is 0.493. The summed E-state index contributed by atoms with van der Waals surface area (Å²) in [5, 5.41) is 7.12. The Labute approximate surface area is 152 Å². The van der Waals surface area contributed by atoms with Crippen LogP contribution >= 0.6 is 23.1 Å². The van der Waals surface area contributed by atoms with Crippen LogP contribution in [0, 0.1) is 6.92 Å². The van der Waals surface area contributed by atoms with E-state index in [9.17, 15) is 13.2 Å². The average molecular weight is 398 g/mol. The summed E-state index contributed by atoms with van der Waals surface area (Å²) in [4.78, 5) is 17.2. The number of aromatic nitrogens is 1. The van der Waals surface area contributed by atoms with Crippen molar-refractivity contribution in [2.75, 3.05) is 25.4 Å². The number of hydrogen-bond acceptors (Lipinski definition) is 6. The van der Waals surface area contributed by atoms with Crippen molar-refractivity contribution < 1.29 is 27.8 Å². The van der Waals surface area contributed by atoms with E-state index < -0.39 is 12.1 Å². The highest BCUT2D eigenvalue weighted by atomic mass is 32.2. The molecule has 0 amide bonds. The van der Waals surface area contributed by atoms with Gasteiger partial charge in [-0.05, 0) is 20.3 Å². The molecule has 0 bridgehead atoms. The summed E-state index contributed by atoms with van der Waals surface area (Å²) in [5.74, 6) is -1.58. The Morgan fingerprint density at radius 1 is 1.52 bits per heavy atom. The standard InChI is InChI=1S/C13H20N2OS2.C2HF3O2/c1-3-16-11-4-13(18-6-11)7-15(8-13)5-12-10(2)14-9-17-12;3-2(4,5)1(6)7/h9,11H,3-8H2,1-2H3;(H,6,7). The second-order valence-electron chi connectivity index (χ2n) is 6.08. The highest BCUT2D eigenvalue weighted by Crippen LogP contribution is 2.46. The topological polar surface area (TPSA) is 62.7 Å². The van der Waals surface area contributed by atoms with Gasteiger partial charge < -0.3 is 9.84 Å². The van der Waals surface area contributed by atoms with Crippen LogP contribution in [-0.2, 0) is 16.1 Å². The molecule has 0 aliphatic carbocycles. The van der Waals surface area contributed by atoms with Gasteiger partial charge >= 0.3 is 12.1 Å². The van der Waals surface area contributed by atoms with Crippen LogP contribution in [0.25, 0.3) is 0 Å². The number of thioether (sulfide) groups is 1. The highest BCUT2D eigenvalue weighted by Gasteiger charge is 2.49. The molecule has 1 atom stereocenters. The number of carbonyl (C=O) groups is 1. The number of ether oxygens (including phenoxy) is 1. The molecule has 1 N–H and O–H groups in total. The van der Waals surface area contributed by atoms with E-state index in [1.807, 2.05) is 5.51 Å². The van der Waals surface area contributed by atoms with Gasteiger partial charge in [-0.25, -0.2) is 9.78 Å². The van der Waals surface area contributed by atoms with Gasteiger partial charge in [0.25, 0.3) is 0 Å². The second-order valence-corrected chi connectivity index (χ2v) is 8.51. The summed E-state index contributed by atoms with van der Waals surface area (Å²) in [7, 11) is 0. The van der Waals surface area contributed by atoms with E-state index in [-0.39, 0.29) is 0 Å². The minimum atomic E-state index is -5.08. The molecule has 1 aromatic rings. The minimum Gasteiger partial charge on any atom is -0.475 e. The van der Waals surface area contributed by atoms with Gasteiger partial charge in [-0.2, -0.15) is 13.2 Å². The molecule has 1 spiro atoms. The van der Waals surface area contributed by atoms with Gasteiger partial charge in [-0.3, -0.25) is 4.90 Å². The molecule has 2 aliphatic rings. The summed E-state index contributed by atoms with van der Waals surface area (Å²) in [5.41, 5.74) is 3.16. The fraction of sp³-hybridized carbons (Fsp3) is 0.733. The third kappa shape index (κ3) is 5.57. The molecule has 2 fully saturated rings. The molecule has 0 aromatic carbocycles. The van der Waals surface area contributed by atoms with Crippen molar-refractivity contribution >= 4 is 29.1 Å². The number of alkyl halides is 3. The number of aryl methyl sites for hydroxylation is 1. The molecule has 0 saturated carbocycles. The molecule has 10 heteroatoms. The summed E-state index contributed by atoms with van der Waals surface area (Å²) in [6, 6.07) is 0. The maximum atomic E-state index is 10.6. The molecular formula is C15H21F3N2O3S2. The fourth-order valence-electron chi connectivity index (χ4n) is 2.93. The summed E-state index contributed by atoms with van der Waals surface area (Å²) >= 11 is 3.90. The number of carboxylic acids is 1. The van der Waals surface area contributed by atoms with E-state index in [0.717, 1.165) is 13.2 Å². The third-order valence-corrected chi connectivity index (χ3v) is 6.55. The predicted octanol–water partition coefficient (Wildman–Crippen LogP) is 3.18. The van der Waals surface area contributed by atoms with Gasteiger partial charge in [0.15, 0.2) is 0 Å².